The molecule has 0 saturated heterocycles. The van der Waals surface area contributed by atoms with E-state index in [4.69, 9.17) is 9.47 Å². The highest BCUT2D eigenvalue weighted by Gasteiger charge is 2.13. The summed E-state index contributed by atoms with van der Waals surface area (Å²) in [5, 5.41) is 5.56. The van der Waals surface area contributed by atoms with Crippen LogP contribution in [0, 0.1) is 6.92 Å². The van der Waals surface area contributed by atoms with Crippen LogP contribution in [-0.4, -0.2) is 44.2 Å². The minimum absolute atomic E-state index is 0.281. The lowest BCUT2D eigenvalue weighted by atomic mass is 10.1. The zero-order valence-corrected chi connectivity index (χ0v) is 15.2. The number of carbonyl (C=O) groups excluding carboxylic acids is 2. The average molecular weight is 357 g/mol. The normalized spacial score (nSPS) is 10.3. The van der Waals surface area contributed by atoms with Crippen molar-refractivity contribution in [3.05, 3.63) is 53.3 Å². The summed E-state index contributed by atoms with van der Waals surface area (Å²) in [7, 11) is 3.15. The van der Waals surface area contributed by atoms with Gasteiger partial charge in [-0.3, -0.25) is 14.6 Å². The Morgan fingerprint density at radius 2 is 1.81 bits per heavy atom. The maximum absolute atomic E-state index is 12.5. The number of pyridine rings is 1. The Hall–Kier alpha value is -2.93. The van der Waals surface area contributed by atoms with Gasteiger partial charge in [-0.15, -0.1) is 0 Å². The summed E-state index contributed by atoms with van der Waals surface area (Å²) >= 11 is 0. The summed E-state index contributed by atoms with van der Waals surface area (Å²) in [6.07, 6.45) is 3.55. The van der Waals surface area contributed by atoms with Crippen LogP contribution < -0.4 is 15.4 Å². The van der Waals surface area contributed by atoms with E-state index in [0.29, 0.717) is 36.6 Å². The van der Waals surface area contributed by atoms with Crippen molar-refractivity contribution < 1.29 is 19.1 Å². The number of anilines is 1. The van der Waals surface area contributed by atoms with Gasteiger partial charge in [-0.05, 0) is 37.1 Å². The number of hydrogen-bond donors (Lipinski definition) is 2. The van der Waals surface area contributed by atoms with Crippen LogP contribution in [0.4, 0.5) is 5.69 Å². The van der Waals surface area contributed by atoms with E-state index < -0.39 is 0 Å². The van der Waals surface area contributed by atoms with Gasteiger partial charge in [0.15, 0.2) is 0 Å². The summed E-state index contributed by atoms with van der Waals surface area (Å²) in [4.78, 5) is 28.7. The Labute approximate surface area is 152 Å². The van der Waals surface area contributed by atoms with Crippen LogP contribution >= 0.6 is 0 Å². The van der Waals surface area contributed by atoms with E-state index in [1.807, 2.05) is 19.1 Å². The minimum Gasteiger partial charge on any atom is -0.495 e. The predicted octanol–water partition coefficient (Wildman–Crippen LogP) is 2.42. The van der Waals surface area contributed by atoms with Crippen molar-refractivity contribution in [2.45, 2.75) is 13.3 Å². The van der Waals surface area contributed by atoms with E-state index in [0.717, 1.165) is 5.56 Å². The topological polar surface area (TPSA) is 89.5 Å². The zero-order valence-electron chi connectivity index (χ0n) is 15.2. The van der Waals surface area contributed by atoms with E-state index in [1.165, 1.54) is 25.6 Å². The van der Waals surface area contributed by atoms with Gasteiger partial charge in [0, 0.05) is 32.7 Å². The largest absolute Gasteiger partial charge is 0.495 e. The number of amides is 2. The fourth-order valence-electron chi connectivity index (χ4n) is 2.32. The van der Waals surface area contributed by atoms with Crippen molar-refractivity contribution >= 4 is 17.5 Å². The SMILES string of the molecule is COCCCNC(=O)c1cncc(C(=O)Nc2cc(C)ccc2OC)c1. The molecule has 7 nitrogen and oxygen atoms in total. The first-order chi connectivity index (χ1) is 12.5. The summed E-state index contributed by atoms with van der Waals surface area (Å²) in [5.74, 6) is -0.0872. The standard InChI is InChI=1S/C19H23N3O4/c1-13-5-6-17(26-3)16(9-13)22-19(24)15-10-14(11-20-12-15)18(23)21-7-4-8-25-2/h5-6,9-12H,4,7-8H2,1-3H3,(H,21,23)(H,22,24). The maximum Gasteiger partial charge on any atom is 0.257 e. The maximum atomic E-state index is 12.5. The van der Waals surface area contributed by atoms with Gasteiger partial charge in [0.2, 0.25) is 0 Å². The number of rotatable bonds is 8. The number of nitrogens with one attached hydrogen (secondary N) is 2. The molecule has 0 unspecified atom stereocenters. The van der Waals surface area contributed by atoms with Crippen LogP contribution in [0.15, 0.2) is 36.7 Å². The van der Waals surface area contributed by atoms with Crippen LogP contribution in [0.25, 0.3) is 0 Å². The molecule has 0 atom stereocenters. The third-order valence-electron chi connectivity index (χ3n) is 3.68. The van der Waals surface area contributed by atoms with Gasteiger partial charge in [-0.25, -0.2) is 0 Å². The lowest BCUT2D eigenvalue weighted by Crippen LogP contribution is -2.25. The first-order valence-corrected chi connectivity index (χ1v) is 8.23. The first-order valence-electron chi connectivity index (χ1n) is 8.23. The Balaban J connectivity index is 2.08. The van der Waals surface area contributed by atoms with Gasteiger partial charge in [0.1, 0.15) is 5.75 Å². The third-order valence-corrected chi connectivity index (χ3v) is 3.68. The quantitative estimate of drug-likeness (QED) is 0.708. The van der Waals surface area contributed by atoms with Crippen molar-refractivity contribution in [3.8, 4) is 5.75 Å². The average Bonchev–Trinajstić information content (AvgIpc) is 2.65. The summed E-state index contributed by atoms with van der Waals surface area (Å²) in [6, 6.07) is 7.00. The molecule has 7 heteroatoms. The zero-order chi connectivity index (χ0) is 18.9. The van der Waals surface area contributed by atoms with Crippen molar-refractivity contribution in [2.24, 2.45) is 0 Å². The van der Waals surface area contributed by atoms with Gasteiger partial charge in [0.05, 0.1) is 23.9 Å². The van der Waals surface area contributed by atoms with Crippen molar-refractivity contribution in [1.29, 1.82) is 0 Å². The van der Waals surface area contributed by atoms with Gasteiger partial charge < -0.3 is 20.1 Å². The number of aromatic nitrogens is 1. The molecule has 0 aliphatic heterocycles. The fourth-order valence-corrected chi connectivity index (χ4v) is 2.32. The fraction of sp³-hybridized carbons (Fsp3) is 0.316. The summed E-state index contributed by atoms with van der Waals surface area (Å²) in [6.45, 7) is 2.98. The van der Waals surface area contributed by atoms with Crippen LogP contribution in [-0.2, 0) is 4.74 Å². The van der Waals surface area contributed by atoms with Crippen LogP contribution in [0.1, 0.15) is 32.7 Å². The highest BCUT2D eigenvalue weighted by atomic mass is 16.5. The van der Waals surface area contributed by atoms with E-state index >= 15 is 0 Å². The van der Waals surface area contributed by atoms with E-state index in [1.54, 1.807) is 13.2 Å². The van der Waals surface area contributed by atoms with Crippen molar-refractivity contribution in [3.63, 3.8) is 0 Å². The lowest BCUT2D eigenvalue weighted by molar-refractivity contribution is 0.0948. The molecule has 0 aliphatic carbocycles. The van der Waals surface area contributed by atoms with E-state index in [-0.39, 0.29) is 17.4 Å². The molecule has 0 spiro atoms. The van der Waals surface area contributed by atoms with Crippen LogP contribution in [0.3, 0.4) is 0 Å². The smallest absolute Gasteiger partial charge is 0.257 e. The molecule has 0 saturated carbocycles. The number of hydrogen-bond acceptors (Lipinski definition) is 5. The lowest BCUT2D eigenvalue weighted by Gasteiger charge is -2.11. The molecule has 0 aliphatic rings. The molecular weight excluding hydrogens is 334 g/mol. The molecule has 1 aromatic carbocycles. The Morgan fingerprint density at radius 3 is 2.50 bits per heavy atom. The van der Waals surface area contributed by atoms with E-state index in [9.17, 15) is 9.59 Å². The molecule has 2 N–H and O–H groups in total. The number of benzene rings is 1. The predicted molar refractivity (Wildman–Crippen MR) is 98.7 cm³/mol. The second-order valence-electron chi connectivity index (χ2n) is 5.72. The van der Waals surface area contributed by atoms with Crippen molar-refractivity contribution in [2.75, 3.05) is 32.7 Å². The monoisotopic (exact) mass is 357 g/mol. The van der Waals surface area contributed by atoms with Gasteiger partial charge in [-0.1, -0.05) is 6.07 Å². The molecule has 138 valence electrons. The highest BCUT2D eigenvalue weighted by molar-refractivity contribution is 6.06. The van der Waals surface area contributed by atoms with Gasteiger partial charge >= 0.3 is 0 Å². The molecule has 1 heterocycles. The second kappa shape index (κ2) is 9.53. The Morgan fingerprint density at radius 1 is 1.08 bits per heavy atom. The van der Waals surface area contributed by atoms with Crippen molar-refractivity contribution in [1.82, 2.24) is 10.3 Å². The molecule has 0 bridgehead atoms. The van der Waals surface area contributed by atoms with Crippen LogP contribution in [0.5, 0.6) is 5.75 Å². The minimum atomic E-state index is -0.365. The first kappa shape index (κ1) is 19.4. The molecule has 0 fully saturated rings. The van der Waals surface area contributed by atoms with E-state index in [2.05, 4.69) is 15.6 Å². The second-order valence-corrected chi connectivity index (χ2v) is 5.72. The molecule has 0 radical (unpaired) electrons. The van der Waals surface area contributed by atoms with Gasteiger partial charge in [0.25, 0.3) is 11.8 Å². The number of methoxy groups -OCH3 is 2. The third kappa shape index (κ3) is 5.29. The number of carbonyl (C=O) groups is 2. The molecule has 26 heavy (non-hydrogen) atoms. The summed E-state index contributed by atoms with van der Waals surface area (Å²) < 4.78 is 10.2. The molecule has 2 aromatic rings. The van der Waals surface area contributed by atoms with Crippen LogP contribution in [0.2, 0.25) is 0 Å². The number of aryl methyl sites for hydroxylation is 1. The number of ether oxygens (including phenoxy) is 2. The Bertz CT molecular complexity index is 777. The van der Waals surface area contributed by atoms with Gasteiger partial charge in [-0.2, -0.15) is 0 Å². The molecule has 2 amide bonds. The molecular formula is C19H23N3O4. The molecule has 2 rings (SSSR count). The summed E-state index contributed by atoms with van der Waals surface area (Å²) in [5.41, 5.74) is 2.17. The number of nitrogens with zero attached hydrogens (tertiary/aromatic N) is 1. The highest BCUT2D eigenvalue weighted by Crippen LogP contribution is 2.25. The molecule has 1 aromatic heterocycles. The Kier molecular flexibility index (Phi) is 7.11.